The summed E-state index contributed by atoms with van der Waals surface area (Å²) in [6.07, 6.45) is 2.52. The van der Waals surface area contributed by atoms with Crippen LogP contribution in [0.1, 0.15) is 16.8 Å². The van der Waals surface area contributed by atoms with Crippen molar-refractivity contribution in [1.82, 2.24) is 9.97 Å². The van der Waals surface area contributed by atoms with Crippen LogP contribution < -0.4 is 5.73 Å². The van der Waals surface area contributed by atoms with E-state index in [2.05, 4.69) is 41.2 Å². The molecule has 0 saturated carbocycles. The third kappa shape index (κ3) is 2.40. The average Bonchev–Trinajstić information content (AvgIpc) is 2.42. The molecule has 0 saturated heterocycles. The van der Waals surface area contributed by atoms with Crippen LogP contribution in [0.25, 0.3) is 10.9 Å². The van der Waals surface area contributed by atoms with Crippen molar-refractivity contribution < 1.29 is 0 Å². The second-order valence-corrected chi connectivity index (χ2v) is 4.73. The van der Waals surface area contributed by atoms with Gasteiger partial charge in [0.15, 0.2) is 0 Å². The van der Waals surface area contributed by atoms with Crippen molar-refractivity contribution in [2.24, 2.45) is 0 Å². The largest absolute Gasteiger partial charge is 0.382 e. The van der Waals surface area contributed by atoms with Crippen molar-refractivity contribution in [3.63, 3.8) is 0 Å². The molecule has 2 aromatic heterocycles. The Balaban J connectivity index is 1.97. The van der Waals surface area contributed by atoms with Gasteiger partial charge in [-0.2, -0.15) is 0 Å². The number of nitrogens with two attached hydrogens (primary N) is 1. The van der Waals surface area contributed by atoms with Crippen molar-refractivity contribution >= 4 is 16.7 Å². The van der Waals surface area contributed by atoms with Gasteiger partial charge >= 0.3 is 0 Å². The lowest BCUT2D eigenvalue weighted by atomic mass is 10.1. The molecule has 3 aromatic rings. The third-order valence-electron chi connectivity index (χ3n) is 3.20. The van der Waals surface area contributed by atoms with E-state index in [1.807, 2.05) is 18.2 Å². The molecular weight excluding hydrogens is 234 g/mol. The Hall–Kier alpha value is -2.42. The smallest absolute Gasteiger partial charge is 0.149 e. The van der Waals surface area contributed by atoms with E-state index in [-0.39, 0.29) is 0 Å². The van der Waals surface area contributed by atoms with Gasteiger partial charge in [-0.3, -0.25) is 0 Å². The SMILES string of the molecule is Cc1ccc(Cc2ccc3ccnc(N)c3n2)cc1. The van der Waals surface area contributed by atoms with E-state index in [4.69, 9.17) is 5.73 Å². The van der Waals surface area contributed by atoms with Gasteiger partial charge in [-0.25, -0.2) is 9.97 Å². The van der Waals surface area contributed by atoms with E-state index >= 15 is 0 Å². The fourth-order valence-electron chi connectivity index (χ4n) is 2.12. The highest BCUT2D eigenvalue weighted by molar-refractivity contribution is 5.86. The highest BCUT2D eigenvalue weighted by Crippen LogP contribution is 2.18. The average molecular weight is 249 g/mol. The minimum Gasteiger partial charge on any atom is -0.382 e. The predicted molar refractivity (Wildman–Crippen MR) is 77.9 cm³/mol. The molecule has 0 fully saturated rings. The molecule has 0 aliphatic rings. The first-order valence-corrected chi connectivity index (χ1v) is 6.28. The summed E-state index contributed by atoms with van der Waals surface area (Å²) >= 11 is 0. The van der Waals surface area contributed by atoms with Gasteiger partial charge in [-0.1, -0.05) is 35.9 Å². The van der Waals surface area contributed by atoms with Crippen LogP contribution in [0.5, 0.6) is 0 Å². The van der Waals surface area contributed by atoms with Crippen LogP contribution in [-0.4, -0.2) is 9.97 Å². The summed E-state index contributed by atoms with van der Waals surface area (Å²) in [7, 11) is 0. The Morgan fingerprint density at radius 1 is 1.00 bits per heavy atom. The summed E-state index contributed by atoms with van der Waals surface area (Å²) in [4.78, 5) is 8.69. The molecule has 3 rings (SSSR count). The summed E-state index contributed by atoms with van der Waals surface area (Å²) in [5.41, 5.74) is 10.2. The lowest BCUT2D eigenvalue weighted by Gasteiger charge is -2.05. The quantitative estimate of drug-likeness (QED) is 0.759. The number of fused-ring (bicyclic) bond motifs is 1. The van der Waals surface area contributed by atoms with E-state index in [1.54, 1.807) is 6.20 Å². The summed E-state index contributed by atoms with van der Waals surface area (Å²) in [6.45, 7) is 2.09. The van der Waals surface area contributed by atoms with Crippen LogP contribution >= 0.6 is 0 Å². The van der Waals surface area contributed by atoms with E-state index < -0.39 is 0 Å². The number of pyridine rings is 2. The van der Waals surface area contributed by atoms with Gasteiger partial charge in [-0.15, -0.1) is 0 Å². The molecular formula is C16H15N3. The molecule has 2 heterocycles. The van der Waals surface area contributed by atoms with Crippen LogP contribution in [-0.2, 0) is 6.42 Å². The number of hydrogen-bond donors (Lipinski definition) is 1. The fraction of sp³-hybridized carbons (Fsp3) is 0.125. The van der Waals surface area contributed by atoms with E-state index in [0.29, 0.717) is 5.82 Å². The third-order valence-corrected chi connectivity index (χ3v) is 3.20. The molecule has 0 aliphatic carbocycles. The van der Waals surface area contributed by atoms with Gasteiger partial charge in [0.05, 0.1) is 0 Å². The lowest BCUT2D eigenvalue weighted by molar-refractivity contribution is 1.09. The Morgan fingerprint density at radius 2 is 1.79 bits per heavy atom. The van der Waals surface area contributed by atoms with Crippen LogP contribution in [0.15, 0.2) is 48.7 Å². The van der Waals surface area contributed by atoms with Gasteiger partial charge < -0.3 is 5.73 Å². The predicted octanol–water partition coefficient (Wildman–Crippen LogP) is 3.11. The number of nitrogen functional groups attached to an aromatic ring is 1. The number of anilines is 1. The molecule has 3 heteroatoms. The van der Waals surface area contributed by atoms with Gasteiger partial charge in [0.2, 0.25) is 0 Å². The summed E-state index contributed by atoms with van der Waals surface area (Å²) < 4.78 is 0. The first-order chi connectivity index (χ1) is 9.22. The maximum absolute atomic E-state index is 5.86. The van der Waals surface area contributed by atoms with Crippen LogP contribution in [0.3, 0.4) is 0 Å². The number of benzene rings is 1. The number of aromatic nitrogens is 2. The Bertz CT molecular complexity index is 718. The molecule has 0 spiro atoms. The molecule has 0 atom stereocenters. The monoisotopic (exact) mass is 249 g/mol. The second-order valence-electron chi connectivity index (χ2n) is 4.73. The number of nitrogens with zero attached hydrogens (tertiary/aromatic N) is 2. The lowest BCUT2D eigenvalue weighted by Crippen LogP contribution is -1.97. The molecule has 0 unspecified atom stereocenters. The van der Waals surface area contributed by atoms with Crippen molar-refractivity contribution in [2.45, 2.75) is 13.3 Å². The molecule has 2 N–H and O–H groups in total. The Labute approximate surface area is 112 Å². The molecule has 0 bridgehead atoms. The van der Waals surface area contributed by atoms with E-state index in [1.165, 1.54) is 11.1 Å². The maximum atomic E-state index is 5.86. The summed E-state index contributed by atoms with van der Waals surface area (Å²) in [6, 6.07) is 14.5. The molecule has 94 valence electrons. The van der Waals surface area contributed by atoms with Crippen LogP contribution in [0, 0.1) is 6.92 Å². The van der Waals surface area contributed by atoms with Gasteiger partial charge in [0.1, 0.15) is 11.3 Å². The Morgan fingerprint density at radius 3 is 2.58 bits per heavy atom. The second kappa shape index (κ2) is 4.69. The first kappa shape index (κ1) is 11.7. The number of aryl methyl sites for hydroxylation is 1. The van der Waals surface area contributed by atoms with Crippen molar-refractivity contribution in [3.8, 4) is 0 Å². The van der Waals surface area contributed by atoms with E-state index in [0.717, 1.165) is 23.0 Å². The van der Waals surface area contributed by atoms with Gasteiger partial charge in [-0.05, 0) is 24.6 Å². The maximum Gasteiger partial charge on any atom is 0.149 e. The van der Waals surface area contributed by atoms with Crippen molar-refractivity contribution in [1.29, 1.82) is 0 Å². The zero-order chi connectivity index (χ0) is 13.2. The summed E-state index contributed by atoms with van der Waals surface area (Å²) in [5, 5.41) is 1.03. The molecule has 1 aromatic carbocycles. The minimum absolute atomic E-state index is 0.489. The fourth-order valence-corrected chi connectivity index (χ4v) is 2.12. The zero-order valence-electron chi connectivity index (χ0n) is 10.8. The van der Waals surface area contributed by atoms with Crippen molar-refractivity contribution in [3.05, 3.63) is 65.5 Å². The van der Waals surface area contributed by atoms with Crippen LogP contribution in [0.2, 0.25) is 0 Å². The van der Waals surface area contributed by atoms with E-state index in [9.17, 15) is 0 Å². The zero-order valence-corrected chi connectivity index (χ0v) is 10.8. The first-order valence-electron chi connectivity index (χ1n) is 6.28. The van der Waals surface area contributed by atoms with Crippen molar-refractivity contribution in [2.75, 3.05) is 5.73 Å². The normalized spacial score (nSPS) is 10.8. The minimum atomic E-state index is 0.489. The number of hydrogen-bond acceptors (Lipinski definition) is 3. The number of rotatable bonds is 2. The van der Waals surface area contributed by atoms with Gasteiger partial charge in [0.25, 0.3) is 0 Å². The topological polar surface area (TPSA) is 51.8 Å². The Kier molecular flexibility index (Phi) is 2.88. The van der Waals surface area contributed by atoms with Gasteiger partial charge in [0, 0.05) is 23.7 Å². The summed E-state index contributed by atoms with van der Waals surface area (Å²) in [5.74, 6) is 0.489. The molecule has 3 nitrogen and oxygen atoms in total. The molecule has 0 amide bonds. The highest BCUT2D eigenvalue weighted by Gasteiger charge is 2.03. The standard InChI is InChI=1S/C16H15N3/c1-11-2-4-12(5-3-11)10-14-7-6-13-8-9-18-16(17)15(13)19-14/h2-9H,10H2,1H3,(H2,17,18). The molecule has 19 heavy (non-hydrogen) atoms. The molecule has 0 radical (unpaired) electrons. The molecule has 0 aliphatic heterocycles. The van der Waals surface area contributed by atoms with Crippen LogP contribution in [0.4, 0.5) is 5.82 Å². The highest BCUT2D eigenvalue weighted by atomic mass is 14.9.